The van der Waals surface area contributed by atoms with Gasteiger partial charge < -0.3 is 5.32 Å². The summed E-state index contributed by atoms with van der Waals surface area (Å²) in [7, 11) is 0. The minimum Gasteiger partial charge on any atom is -0.338 e. The standard InChI is InChI=1S/C9H15N3O2/c1-2-3-4-7-11-9(14)12-8(13)5-6-10/h2-5,7H2,1H3,(H2,11,12,13,14). The molecule has 5 heteroatoms. The van der Waals surface area contributed by atoms with Crippen LogP contribution < -0.4 is 10.6 Å². The second kappa shape index (κ2) is 8.05. The number of carbonyl (C=O) groups excluding carboxylic acids is 2. The van der Waals surface area contributed by atoms with Crippen LogP contribution in [0, 0.1) is 11.3 Å². The Morgan fingerprint density at radius 1 is 1.36 bits per heavy atom. The van der Waals surface area contributed by atoms with Gasteiger partial charge in [0.15, 0.2) is 0 Å². The Morgan fingerprint density at radius 3 is 2.64 bits per heavy atom. The molecule has 0 saturated carbocycles. The molecule has 0 bridgehead atoms. The molecule has 0 aromatic rings. The molecule has 2 N–H and O–H groups in total. The summed E-state index contributed by atoms with van der Waals surface area (Å²) in [6, 6.07) is 1.13. The van der Waals surface area contributed by atoms with Gasteiger partial charge in [0.25, 0.3) is 0 Å². The molecule has 3 amide bonds. The molecule has 0 saturated heterocycles. The summed E-state index contributed by atoms with van der Waals surface area (Å²) in [5.74, 6) is -0.569. The lowest BCUT2D eigenvalue weighted by Crippen LogP contribution is -2.39. The van der Waals surface area contributed by atoms with Crippen molar-refractivity contribution < 1.29 is 9.59 Å². The van der Waals surface area contributed by atoms with Gasteiger partial charge in [0, 0.05) is 6.54 Å². The maximum absolute atomic E-state index is 10.9. The van der Waals surface area contributed by atoms with Crippen LogP contribution in [0.25, 0.3) is 0 Å². The summed E-state index contributed by atoms with van der Waals surface area (Å²) in [4.78, 5) is 21.7. The molecule has 0 aromatic heterocycles. The number of carbonyl (C=O) groups is 2. The van der Waals surface area contributed by atoms with Gasteiger partial charge in [0.05, 0.1) is 6.07 Å². The smallest absolute Gasteiger partial charge is 0.321 e. The molecule has 0 radical (unpaired) electrons. The van der Waals surface area contributed by atoms with Gasteiger partial charge in [-0.05, 0) is 6.42 Å². The van der Waals surface area contributed by atoms with Crippen LogP contribution in [0.4, 0.5) is 4.79 Å². The minimum absolute atomic E-state index is 0.289. The maximum Gasteiger partial charge on any atom is 0.321 e. The lowest BCUT2D eigenvalue weighted by atomic mass is 10.2. The Hall–Kier alpha value is -1.57. The molecule has 0 spiro atoms. The molecular weight excluding hydrogens is 182 g/mol. The van der Waals surface area contributed by atoms with Crippen LogP contribution in [-0.4, -0.2) is 18.5 Å². The Labute approximate surface area is 83.5 Å². The van der Waals surface area contributed by atoms with E-state index in [2.05, 4.69) is 12.2 Å². The van der Waals surface area contributed by atoms with E-state index in [1.165, 1.54) is 0 Å². The summed E-state index contributed by atoms with van der Waals surface area (Å²) in [6.45, 7) is 2.62. The van der Waals surface area contributed by atoms with Crippen LogP contribution in [0.5, 0.6) is 0 Å². The number of hydrogen-bond donors (Lipinski definition) is 2. The Kier molecular flexibility index (Phi) is 7.15. The Bertz CT molecular complexity index is 233. The number of nitriles is 1. The van der Waals surface area contributed by atoms with Gasteiger partial charge in [-0.2, -0.15) is 5.26 Å². The van der Waals surface area contributed by atoms with E-state index < -0.39 is 11.9 Å². The molecular formula is C9H15N3O2. The molecule has 0 fully saturated rings. The van der Waals surface area contributed by atoms with E-state index in [1.54, 1.807) is 6.07 Å². The molecule has 0 heterocycles. The topological polar surface area (TPSA) is 82.0 Å². The fourth-order valence-corrected chi connectivity index (χ4v) is 0.864. The van der Waals surface area contributed by atoms with Crippen LogP contribution in [0.2, 0.25) is 0 Å². The third-order valence-electron chi connectivity index (χ3n) is 1.56. The lowest BCUT2D eigenvalue weighted by Gasteiger charge is -2.04. The zero-order valence-corrected chi connectivity index (χ0v) is 8.30. The van der Waals surface area contributed by atoms with Crippen molar-refractivity contribution in [3.8, 4) is 6.07 Å². The number of imide groups is 1. The van der Waals surface area contributed by atoms with Gasteiger partial charge in [-0.3, -0.25) is 10.1 Å². The quantitative estimate of drug-likeness (QED) is 0.643. The zero-order valence-electron chi connectivity index (χ0n) is 8.30. The first kappa shape index (κ1) is 12.4. The second-order valence-electron chi connectivity index (χ2n) is 2.85. The molecule has 0 aromatic carbocycles. The highest BCUT2D eigenvalue weighted by atomic mass is 16.2. The number of urea groups is 1. The average Bonchev–Trinajstić information content (AvgIpc) is 2.13. The fraction of sp³-hybridized carbons (Fsp3) is 0.667. The van der Waals surface area contributed by atoms with Crippen molar-refractivity contribution in [1.29, 1.82) is 5.26 Å². The van der Waals surface area contributed by atoms with Gasteiger partial charge in [-0.15, -0.1) is 0 Å². The molecule has 0 atom stereocenters. The molecule has 5 nitrogen and oxygen atoms in total. The van der Waals surface area contributed by atoms with Crippen molar-refractivity contribution in [2.24, 2.45) is 0 Å². The van der Waals surface area contributed by atoms with E-state index in [4.69, 9.17) is 5.26 Å². The summed E-state index contributed by atoms with van der Waals surface area (Å²) in [5, 5.41) is 12.7. The van der Waals surface area contributed by atoms with Crippen LogP contribution >= 0.6 is 0 Å². The predicted molar refractivity (Wildman–Crippen MR) is 51.3 cm³/mol. The maximum atomic E-state index is 10.9. The van der Waals surface area contributed by atoms with Crippen LogP contribution in [0.3, 0.4) is 0 Å². The molecule has 0 aliphatic rings. The lowest BCUT2D eigenvalue weighted by molar-refractivity contribution is -0.119. The largest absolute Gasteiger partial charge is 0.338 e. The van der Waals surface area contributed by atoms with Crippen molar-refractivity contribution >= 4 is 11.9 Å². The van der Waals surface area contributed by atoms with Crippen molar-refractivity contribution in [3.05, 3.63) is 0 Å². The normalized spacial score (nSPS) is 8.86. The van der Waals surface area contributed by atoms with Crippen molar-refractivity contribution in [2.75, 3.05) is 6.54 Å². The third kappa shape index (κ3) is 7.10. The van der Waals surface area contributed by atoms with E-state index in [0.29, 0.717) is 6.54 Å². The first-order chi connectivity index (χ1) is 6.70. The number of nitrogens with one attached hydrogen (secondary N) is 2. The SMILES string of the molecule is CCCCCNC(=O)NC(=O)CC#N. The zero-order chi connectivity index (χ0) is 10.8. The van der Waals surface area contributed by atoms with E-state index in [9.17, 15) is 9.59 Å². The monoisotopic (exact) mass is 197 g/mol. The summed E-state index contributed by atoms with van der Waals surface area (Å²) >= 11 is 0. The highest BCUT2D eigenvalue weighted by Gasteiger charge is 2.04. The van der Waals surface area contributed by atoms with Crippen LogP contribution in [0.1, 0.15) is 32.6 Å². The minimum atomic E-state index is -0.569. The van der Waals surface area contributed by atoms with Gasteiger partial charge in [-0.1, -0.05) is 19.8 Å². The van der Waals surface area contributed by atoms with Crippen LogP contribution in [0.15, 0.2) is 0 Å². The number of unbranched alkanes of at least 4 members (excludes halogenated alkanes) is 2. The molecule has 14 heavy (non-hydrogen) atoms. The molecule has 78 valence electrons. The van der Waals surface area contributed by atoms with E-state index >= 15 is 0 Å². The van der Waals surface area contributed by atoms with Crippen molar-refractivity contribution in [1.82, 2.24) is 10.6 Å². The number of hydrogen-bond acceptors (Lipinski definition) is 3. The Balaban J connectivity index is 3.46. The van der Waals surface area contributed by atoms with E-state index in [-0.39, 0.29) is 6.42 Å². The molecule has 0 aliphatic carbocycles. The summed E-state index contributed by atoms with van der Waals surface area (Å²) < 4.78 is 0. The fourth-order valence-electron chi connectivity index (χ4n) is 0.864. The van der Waals surface area contributed by atoms with Crippen LogP contribution in [-0.2, 0) is 4.79 Å². The van der Waals surface area contributed by atoms with Gasteiger partial charge in [0.1, 0.15) is 6.42 Å². The number of rotatable bonds is 5. The van der Waals surface area contributed by atoms with Crippen molar-refractivity contribution in [2.45, 2.75) is 32.6 Å². The number of amides is 3. The second-order valence-corrected chi connectivity index (χ2v) is 2.85. The predicted octanol–water partition coefficient (Wildman–Crippen LogP) is 0.916. The summed E-state index contributed by atoms with van der Waals surface area (Å²) in [6.07, 6.45) is 2.74. The van der Waals surface area contributed by atoms with Gasteiger partial charge >= 0.3 is 6.03 Å². The summed E-state index contributed by atoms with van der Waals surface area (Å²) in [5.41, 5.74) is 0. The van der Waals surface area contributed by atoms with E-state index in [1.807, 2.05) is 5.32 Å². The van der Waals surface area contributed by atoms with E-state index in [0.717, 1.165) is 19.3 Å². The Morgan fingerprint density at radius 2 is 2.07 bits per heavy atom. The first-order valence-electron chi connectivity index (χ1n) is 4.65. The van der Waals surface area contributed by atoms with Gasteiger partial charge in [0.2, 0.25) is 5.91 Å². The molecule has 0 rings (SSSR count). The molecule has 0 aliphatic heterocycles. The average molecular weight is 197 g/mol. The number of nitrogens with zero attached hydrogens (tertiary/aromatic N) is 1. The molecule has 0 unspecified atom stereocenters. The highest BCUT2D eigenvalue weighted by molar-refractivity contribution is 5.95. The van der Waals surface area contributed by atoms with Gasteiger partial charge in [-0.25, -0.2) is 4.79 Å². The first-order valence-corrected chi connectivity index (χ1v) is 4.65. The van der Waals surface area contributed by atoms with Crippen molar-refractivity contribution in [3.63, 3.8) is 0 Å². The third-order valence-corrected chi connectivity index (χ3v) is 1.56. The highest BCUT2D eigenvalue weighted by Crippen LogP contribution is 1.90.